The van der Waals surface area contributed by atoms with E-state index in [9.17, 15) is 38.4 Å². The number of hydrogen-bond donors (Lipinski definition) is 0. The molecule has 29 heteroatoms. The molecule has 0 fully saturated rings. The molecule has 14 aromatic rings. The summed E-state index contributed by atoms with van der Waals surface area (Å²) >= 11 is 10.9. The molecule has 26 nitrogen and oxygen atoms in total. The van der Waals surface area contributed by atoms with E-state index in [-0.39, 0.29) is 54.2 Å². The third kappa shape index (κ3) is 34.8. The molecule has 0 aliphatic carbocycles. The van der Waals surface area contributed by atoms with Gasteiger partial charge in [0.05, 0.1) is 39.4 Å². The Labute approximate surface area is 795 Å². The number of nitrogens with zero attached hydrogens (tertiary/aromatic N) is 10. The molecule has 0 N–H and O–H groups in total. The second-order valence-electron chi connectivity index (χ2n) is 27.3. The minimum absolute atomic E-state index is 0. The third-order valence-corrected chi connectivity index (χ3v) is 18.1. The van der Waals surface area contributed by atoms with Gasteiger partial charge in [-0.1, -0.05) is 388 Å². The summed E-state index contributed by atoms with van der Waals surface area (Å²) in [6, 6.07) is 120. The SMILES string of the molecule is C/C(=N\OC(=O)c1cccc2ccccc12)c1ccccc1.C=C(C)C(=O)O/N=C(\C)c1ccccc1.CC(=O)O/N=C(\C#N)c1ccccc1.O=C(CCl)O/N=C(\C(=N/OC(=O)CCl)c1ccccc1)c1ccccc1.O=C(O/N=C(\C(=N/OC(=O)c1ccccc1)c1ccccc1)c1ccccc1)c1ccccc1.O=C(O/N=C(\c1ccccc1)c1ccccn1)c1ccccc1.[Cl-].[H+]. The number of alkyl halides is 2. The molecule has 13 aromatic carbocycles. The number of benzene rings is 13. The van der Waals surface area contributed by atoms with Crippen molar-refractivity contribution in [1.29, 1.82) is 5.26 Å². The minimum Gasteiger partial charge on any atom is -1.00 e. The van der Waals surface area contributed by atoms with E-state index in [1.807, 2.05) is 219 Å². The predicted octanol–water partition coefficient (Wildman–Crippen LogP) is 18.1. The average Bonchev–Trinajstić information content (AvgIpc) is 0.821. The molecule has 0 spiro atoms. The summed E-state index contributed by atoms with van der Waals surface area (Å²) in [7, 11) is 0. The van der Waals surface area contributed by atoms with Gasteiger partial charge in [0.2, 0.25) is 0 Å². The molecule has 0 saturated heterocycles. The Kier molecular flexibility index (Phi) is 43.8. The molecule has 1 aromatic heterocycles. The van der Waals surface area contributed by atoms with E-state index >= 15 is 0 Å². The van der Waals surface area contributed by atoms with Crippen molar-refractivity contribution in [2.24, 2.45) is 41.2 Å². The van der Waals surface area contributed by atoms with Crippen LogP contribution in [0.15, 0.2) is 454 Å². The zero-order valence-electron chi connectivity index (χ0n) is 73.9. The minimum atomic E-state index is -0.731. The normalized spacial score (nSPS) is 11.2. The van der Waals surface area contributed by atoms with Crippen molar-refractivity contribution < 1.29 is 90.9 Å². The van der Waals surface area contributed by atoms with Gasteiger partial charge in [-0.05, 0) is 97.3 Å². The Morgan fingerprint density at radius 2 is 0.607 bits per heavy atom. The summed E-state index contributed by atoms with van der Waals surface area (Å²) in [5.74, 6) is -5.43. The second kappa shape index (κ2) is 57.4. The molecule has 14 rings (SSSR count). The molecule has 0 saturated carbocycles. The molecule has 0 bridgehead atoms. The molecule has 0 amide bonds. The molecular formula is C106H85Cl3N10O16. The molecule has 1 heterocycles. The zero-order chi connectivity index (χ0) is 95.3. The lowest BCUT2D eigenvalue weighted by Crippen LogP contribution is -3.00. The quantitative estimate of drug-likeness (QED) is 0.0160. The van der Waals surface area contributed by atoms with Gasteiger partial charge in [0, 0.05) is 52.1 Å². The van der Waals surface area contributed by atoms with Gasteiger partial charge < -0.3 is 51.1 Å². The van der Waals surface area contributed by atoms with Crippen LogP contribution in [0.4, 0.5) is 0 Å². The van der Waals surface area contributed by atoms with Crippen LogP contribution in [0.2, 0.25) is 0 Å². The molecule has 0 aliphatic heterocycles. The second-order valence-corrected chi connectivity index (χ2v) is 27.9. The number of pyridine rings is 1. The highest BCUT2D eigenvalue weighted by Gasteiger charge is 2.23. The van der Waals surface area contributed by atoms with Gasteiger partial charge in [-0.15, -0.1) is 23.2 Å². The predicted molar refractivity (Wildman–Crippen MR) is 516 cm³/mol. The fraction of sp³-hybridized carbons (Fsp3) is 0.0566. The molecular weight excluding hydrogens is 1780 g/mol. The number of oxime groups is 8. The molecule has 676 valence electrons. The third-order valence-electron chi connectivity index (χ3n) is 17.7. The topological polar surface area (TPSA) is 346 Å². The van der Waals surface area contributed by atoms with Crippen molar-refractivity contribution in [1.82, 2.24) is 4.98 Å². The molecule has 135 heavy (non-hydrogen) atoms. The van der Waals surface area contributed by atoms with Crippen molar-refractivity contribution in [3.63, 3.8) is 0 Å². The Morgan fingerprint density at radius 3 is 0.948 bits per heavy atom. The number of carbonyl (C=O) groups excluding carboxylic acids is 8. The van der Waals surface area contributed by atoms with Crippen LogP contribution in [0.25, 0.3) is 10.8 Å². The van der Waals surface area contributed by atoms with E-state index in [4.69, 9.17) is 57.5 Å². The maximum Gasteiger partial charge on any atom is 1.00 e. The van der Waals surface area contributed by atoms with E-state index in [1.165, 1.54) is 6.92 Å². The summed E-state index contributed by atoms with van der Waals surface area (Å²) in [5, 5.41) is 41.7. The van der Waals surface area contributed by atoms with Gasteiger partial charge in [-0.2, -0.15) is 5.26 Å². The van der Waals surface area contributed by atoms with Gasteiger partial charge in [-0.3, -0.25) is 4.98 Å². The highest BCUT2D eigenvalue weighted by Crippen LogP contribution is 2.22. The van der Waals surface area contributed by atoms with Crippen LogP contribution in [0.3, 0.4) is 0 Å². The summed E-state index contributed by atoms with van der Waals surface area (Å²) in [4.78, 5) is 137. The molecule has 0 aliphatic rings. The summed E-state index contributed by atoms with van der Waals surface area (Å²) in [6.45, 7) is 9.86. The van der Waals surface area contributed by atoms with Gasteiger partial charge >= 0.3 is 49.2 Å². The van der Waals surface area contributed by atoms with Gasteiger partial charge in [0.1, 0.15) is 46.4 Å². The van der Waals surface area contributed by atoms with Crippen LogP contribution < -0.4 is 12.4 Å². The highest BCUT2D eigenvalue weighted by molar-refractivity contribution is 6.54. The number of fused-ring (bicyclic) bond motifs is 1. The fourth-order valence-electron chi connectivity index (χ4n) is 11.1. The average molecular weight is 1860 g/mol. The van der Waals surface area contributed by atoms with Crippen LogP contribution in [0, 0.1) is 11.3 Å². The van der Waals surface area contributed by atoms with Crippen molar-refractivity contribution in [3.8, 4) is 6.07 Å². The van der Waals surface area contributed by atoms with E-state index in [1.54, 1.807) is 208 Å². The molecule has 0 unspecified atom stereocenters. The van der Waals surface area contributed by atoms with Gasteiger partial charge in [0.25, 0.3) is 0 Å². The number of rotatable bonds is 26. The Morgan fingerprint density at radius 1 is 0.311 bits per heavy atom. The lowest BCUT2D eigenvalue weighted by atomic mass is 10.00. The number of hydrogen-bond acceptors (Lipinski definition) is 26. The zero-order valence-corrected chi connectivity index (χ0v) is 75.1. The summed E-state index contributed by atoms with van der Waals surface area (Å²) in [6.07, 6.45) is 1.67. The Balaban J connectivity index is 0.000000227. The summed E-state index contributed by atoms with van der Waals surface area (Å²) in [5.41, 5.74) is 11.1. The van der Waals surface area contributed by atoms with Crippen LogP contribution in [-0.2, 0) is 57.9 Å². The van der Waals surface area contributed by atoms with Crippen LogP contribution in [0.5, 0.6) is 0 Å². The van der Waals surface area contributed by atoms with Crippen LogP contribution >= 0.6 is 23.2 Å². The van der Waals surface area contributed by atoms with E-state index < -0.39 is 47.8 Å². The fourth-order valence-corrected chi connectivity index (χ4v) is 11.2. The first-order chi connectivity index (χ1) is 65.3. The first-order valence-corrected chi connectivity index (χ1v) is 41.8. The Hall–Kier alpha value is -17.5. The van der Waals surface area contributed by atoms with E-state index in [0.29, 0.717) is 78.5 Å². The number of nitriles is 1. The first kappa shape index (κ1) is 103. The molecule has 0 radical (unpaired) electrons. The van der Waals surface area contributed by atoms with Crippen LogP contribution in [-0.4, -0.2) is 110 Å². The number of carbonyl (C=O) groups is 8. The van der Waals surface area contributed by atoms with Crippen LogP contribution in [0.1, 0.15) is 121 Å². The standard InChI is InChI=1S/C28H20N2O4.C19H14N2O2.C19H15NO2.C18H14Cl2N2O4.C12H13NO2.C10H8N2O2.ClH/c31-27(23-17-9-3-10-18-23)33-29-25(21-13-5-1-6-14-21)26(22-15-7-2-8-16-22)30-34-28(32)24-19-11-4-12-20-24;22-19(16-11-5-2-6-12-16)23-21-18(15-9-3-1-4-10-15)17-13-7-8-14-20-17;1-14(15-8-3-2-4-9-15)20-22-19(21)18-13-7-11-16-10-5-6-12-17(16)18;19-11-15(23)25-21-17(13-7-3-1-4-8-13)18(22-26-16(24)12-20)14-9-5-2-6-10-14;1-9(2)12(14)15-13-10(3)11-7-5-4-6-8-11;1-8(13)14-12-10(7-11)9-5-3-2-4-6-9;/h1-20H;1-14H;2-13H,1H3;1-10H,11-12H2;4-8H,1H2,2-3H3;2-6H,1H3;1H/b29-25-,30-26-;21-18+;20-14+;21-17-,22-18-;13-10+;12-10+;. The largest absolute Gasteiger partial charge is 1.00 e. The first-order valence-electron chi connectivity index (χ1n) is 40.7. The number of halogens is 3. The lowest BCUT2D eigenvalue weighted by molar-refractivity contribution is -0.141. The van der Waals surface area contributed by atoms with E-state index in [0.717, 1.165) is 27.5 Å². The highest BCUT2D eigenvalue weighted by atomic mass is 35.5. The Bertz CT molecular complexity index is 6330. The lowest BCUT2D eigenvalue weighted by Gasteiger charge is -2.10. The maximum atomic E-state index is 12.5. The van der Waals surface area contributed by atoms with Crippen molar-refractivity contribution >= 4 is 127 Å². The van der Waals surface area contributed by atoms with Crippen molar-refractivity contribution in [2.75, 3.05) is 11.8 Å². The van der Waals surface area contributed by atoms with Crippen molar-refractivity contribution in [3.05, 3.63) is 485 Å². The van der Waals surface area contributed by atoms with Gasteiger partial charge in [-0.25, -0.2) is 38.4 Å². The molecule has 0 atom stereocenters. The monoisotopic (exact) mass is 1860 g/mol. The van der Waals surface area contributed by atoms with E-state index in [2.05, 4.69) is 62.5 Å². The van der Waals surface area contributed by atoms with Gasteiger partial charge in [0.15, 0.2) is 5.71 Å². The number of aromatic nitrogens is 1. The van der Waals surface area contributed by atoms with Crippen molar-refractivity contribution in [2.45, 2.75) is 27.7 Å². The maximum absolute atomic E-state index is 12.5. The smallest absolute Gasteiger partial charge is 1.00 e. The summed E-state index contributed by atoms with van der Waals surface area (Å²) < 4.78 is 0.